The van der Waals surface area contributed by atoms with E-state index in [2.05, 4.69) is 19.4 Å². The predicted octanol–water partition coefficient (Wildman–Crippen LogP) is 3.52. The largest absolute Gasteiger partial charge is 0.506 e. The summed E-state index contributed by atoms with van der Waals surface area (Å²) in [6, 6.07) is 12.5. The Hall–Kier alpha value is -3.28. The number of nitrogens with one attached hydrogen (secondary N) is 3. The minimum atomic E-state index is -4.16. The number of halogens is 1. The van der Waals surface area contributed by atoms with Gasteiger partial charge in [0, 0.05) is 22.8 Å². The number of nitrogens with zero attached hydrogens (tertiary/aromatic N) is 1. The fourth-order valence-electron chi connectivity index (χ4n) is 2.88. The average molecular weight is 479 g/mol. The molecule has 9 nitrogen and oxygen atoms in total. The first kappa shape index (κ1) is 21.0. The summed E-state index contributed by atoms with van der Waals surface area (Å²) in [7, 11) is -8.24. The van der Waals surface area contributed by atoms with E-state index < -0.39 is 25.8 Å². The van der Waals surface area contributed by atoms with E-state index in [0.717, 1.165) is 18.2 Å². The molecule has 0 atom stereocenters. The highest BCUT2D eigenvalue weighted by atomic mass is 35.5. The first-order valence-electron chi connectivity index (χ1n) is 8.72. The molecule has 0 spiro atoms. The monoisotopic (exact) mass is 478 g/mol. The number of phenols is 1. The van der Waals surface area contributed by atoms with Crippen LogP contribution in [0.5, 0.6) is 5.75 Å². The number of aromatic nitrogens is 2. The van der Waals surface area contributed by atoms with Crippen LogP contribution in [0.15, 0.2) is 76.8 Å². The molecule has 0 saturated carbocycles. The van der Waals surface area contributed by atoms with E-state index in [-0.39, 0.29) is 21.2 Å². The third-order valence-corrected chi connectivity index (χ3v) is 7.32. The smallest absolute Gasteiger partial charge is 0.264 e. The summed E-state index contributed by atoms with van der Waals surface area (Å²) < 4.78 is 55.8. The van der Waals surface area contributed by atoms with Gasteiger partial charge in [-0.05, 0) is 48.5 Å². The lowest BCUT2D eigenvalue weighted by Gasteiger charge is -2.12. The van der Waals surface area contributed by atoms with Gasteiger partial charge in [0.1, 0.15) is 16.3 Å². The Morgan fingerprint density at radius 3 is 2.52 bits per heavy atom. The second-order valence-electron chi connectivity index (χ2n) is 6.45. The van der Waals surface area contributed by atoms with Crippen LogP contribution < -0.4 is 9.44 Å². The highest BCUT2D eigenvalue weighted by molar-refractivity contribution is 7.93. The van der Waals surface area contributed by atoms with Gasteiger partial charge in [-0.3, -0.25) is 9.44 Å². The van der Waals surface area contributed by atoms with Crippen molar-refractivity contribution < 1.29 is 21.9 Å². The summed E-state index contributed by atoms with van der Waals surface area (Å²) in [6.07, 6.45) is 2.77. The number of rotatable bonds is 6. The summed E-state index contributed by atoms with van der Waals surface area (Å²) in [4.78, 5) is 6.43. The molecule has 2 aromatic heterocycles. The molecular weight excluding hydrogens is 464 g/mol. The first-order chi connectivity index (χ1) is 14.7. The number of benzene rings is 2. The van der Waals surface area contributed by atoms with Gasteiger partial charge in [0.2, 0.25) is 0 Å². The molecule has 0 amide bonds. The third kappa shape index (κ3) is 4.29. The van der Waals surface area contributed by atoms with Crippen LogP contribution in [0.3, 0.4) is 0 Å². The molecule has 0 aliphatic rings. The summed E-state index contributed by atoms with van der Waals surface area (Å²) in [5.41, 5.74) is 0.301. The fraction of sp³-hybridized carbons (Fsp3) is 0. The molecule has 2 heterocycles. The average Bonchev–Trinajstić information content (AvgIpc) is 3.14. The zero-order chi connectivity index (χ0) is 22.2. The van der Waals surface area contributed by atoms with E-state index >= 15 is 0 Å². The number of aromatic amines is 1. The van der Waals surface area contributed by atoms with Crippen molar-refractivity contribution in [2.24, 2.45) is 0 Å². The summed E-state index contributed by atoms with van der Waals surface area (Å²) in [5.74, 6) is -0.441. The first-order valence-corrected chi connectivity index (χ1v) is 12.1. The molecule has 12 heteroatoms. The van der Waals surface area contributed by atoms with Crippen molar-refractivity contribution >= 4 is 54.1 Å². The minimum absolute atomic E-state index is 0.0969. The lowest BCUT2D eigenvalue weighted by Crippen LogP contribution is -2.15. The number of phenolic OH excluding ortho intramolecular Hbond substituents is 1. The summed E-state index contributed by atoms with van der Waals surface area (Å²) in [6.45, 7) is 0. The Kier molecular flexibility index (Phi) is 5.25. The van der Waals surface area contributed by atoms with E-state index in [1.54, 1.807) is 24.3 Å². The van der Waals surface area contributed by atoms with Gasteiger partial charge in [0.25, 0.3) is 20.0 Å². The van der Waals surface area contributed by atoms with E-state index in [9.17, 15) is 21.9 Å². The molecule has 0 bridgehead atoms. The van der Waals surface area contributed by atoms with Crippen molar-refractivity contribution in [3.63, 3.8) is 0 Å². The minimum Gasteiger partial charge on any atom is -0.506 e. The van der Waals surface area contributed by atoms with Gasteiger partial charge >= 0.3 is 0 Å². The maximum absolute atomic E-state index is 12.9. The van der Waals surface area contributed by atoms with Crippen molar-refractivity contribution in [3.8, 4) is 5.75 Å². The molecule has 0 saturated heterocycles. The van der Waals surface area contributed by atoms with E-state index in [1.165, 1.54) is 24.5 Å². The SMILES string of the molecule is O=S(=O)(Nc1cccc(Cl)c1)c1ccc(O)c(NS(=O)(=O)c2c[nH]c3ncccc23)c1. The Morgan fingerprint density at radius 2 is 1.74 bits per heavy atom. The Labute approximate surface area is 182 Å². The lowest BCUT2D eigenvalue weighted by atomic mass is 10.3. The van der Waals surface area contributed by atoms with Crippen LogP contribution in [0, 0.1) is 0 Å². The van der Waals surface area contributed by atoms with Gasteiger partial charge in [-0.2, -0.15) is 0 Å². The van der Waals surface area contributed by atoms with E-state index in [1.807, 2.05) is 0 Å². The number of anilines is 2. The molecule has 0 unspecified atom stereocenters. The van der Waals surface area contributed by atoms with Gasteiger partial charge in [0.15, 0.2) is 0 Å². The van der Waals surface area contributed by atoms with Crippen LogP contribution in [-0.2, 0) is 20.0 Å². The number of H-pyrrole nitrogens is 1. The molecule has 0 aliphatic carbocycles. The van der Waals surface area contributed by atoms with Gasteiger partial charge < -0.3 is 10.1 Å². The quantitative estimate of drug-likeness (QED) is 0.312. The fourth-order valence-corrected chi connectivity index (χ4v) is 5.38. The topological polar surface area (TPSA) is 141 Å². The van der Waals surface area contributed by atoms with Crippen molar-refractivity contribution in [2.75, 3.05) is 9.44 Å². The second kappa shape index (κ2) is 7.76. The Bertz CT molecular complexity index is 1500. The predicted molar refractivity (Wildman–Crippen MR) is 117 cm³/mol. The highest BCUT2D eigenvalue weighted by Gasteiger charge is 2.23. The highest BCUT2D eigenvalue weighted by Crippen LogP contribution is 2.31. The molecule has 4 rings (SSSR count). The van der Waals surface area contributed by atoms with Gasteiger partial charge in [-0.1, -0.05) is 17.7 Å². The zero-order valence-electron chi connectivity index (χ0n) is 15.6. The van der Waals surface area contributed by atoms with Gasteiger partial charge in [-0.25, -0.2) is 21.8 Å². The molecule has 4 N–H and O–H groups in total. The molecule has 31 heavy (non-hydrogen) atoms. The molecule has 0 aliphatic heterocycles. The number of hydrogen-bond donors (Lipinski definition) is 4. The van der Waals surface area contributed by atoms with Crippen LogP contribution in [0.1, 0.15) is 0 Å². The molecule has 0 radical (unpaired) electrons. The van der Waals surface area contributed by atoms with Crippen molar-refractivity contribution in [2.45, 2.75) is 9.79 Å². The van der Waals surface area contributed by atoms with Crippen LogP contribution in [0.2, 0.25) is 5.02 Å². The number of sulfonamides is 2. The zero-order valence-corrected chi connectivity index (χ0v) is 18.0. The van der Waals surface area contributed by atoms with E-state index in [0.29, 0.717) is 16.1 Å². The number of aromatic hydroxyl groups is 1. The van der Waals surface area contributed by atoms with Crippen molar-refractivity contribution in [1.82, 2.24) is 9.97 Å². The molecule has 4 aromatic rings. The van der Waals surface area contributed by atoms with Crippen LogP contribution in [0.4, 0.5) is 11.4 Å². The second-order valence-corrected chi connectivity index (χ2v) is 10.2. The maximum Gasteiger partial charge on any atom is 0.264 e. The number of pyridine rings is 1. The van der Waals surface area contributed by atoms with Crippen molar-refractivity contribution in [1.29, 1.82) is 0 Å². The van der Waals surface area contributed by atoms with Crippen LogP contribution in [0.25, 0.3) is 11.0 Å². The maximum atomic E-state index is 12.9. The number of fused-ring (bicyclic) bond motifs is 1. The summed E-state index contributed by atoms with van der Waals surface area (Å²) >= 11 is 5.88. The van der Waals surface area contributed by atoms with E-state index in [4.69, 9.17) is 11.6 Å². The van der Waals surface area contributed by atoms with Gasteiger partial charge in [-0.15, -0.1) is 0 Å². The lowest BCUT2D eigenvalue weighted by molar-refractivity contribution is 0.477. The molecule has 0 fully saturated rings. The Balaban J connectivity index is 1.68. The molecule has 160 valence electrons. The standard InChI is InChI=1S/C19H15ClN4O5S2/c20-12-3-1-4-13(9-12)23-30(26,27)14-6-7-17(25)16(10-14)24-31(28,29)18-11-22-19-15(18)5-2-8-21-19/h1-11,23-25H,(H,21,22). The molecular formula is C19H15ClN4O5S2. The van der Waals surface area contributed by atoms with Gasteiger partial charge in [0.05, 0.1) is 16.3 Å². The van der Waals surface area contributed by atoms with Crippen LogP contribution >= 0.6 is 11.6 Å². The normalized spacial score (nSPS) is 12.0. The van der Waals surface area contributed by atoms with Crippen LogP contribution in [-0.4, -0.2) is 31.9 Å². The Morgan fingerprint density at radius 1 is 0.935 bits per heavy atom. The van der Waals surface area contributed by atoms with Crippen molar-refractivity contribution in [3.05, 3.63) is 72.0 Å². The number of hydrogen-bond acceptors (Lipinski definition) is 6. The third-order valence-electron chi connectivity index (χ3n) is 4.30. The molecule has 2 aromatic carbocycles. The summed E-state index contributed by atoms with van der Waals surface area (Å²) in [5, 5.41) is 10.8.